The van der Waals surface area contributed by atoms with Gasteiger partial charge in [0.2, 0.25) is 5.95 Å². The Hall–Kier alpha value is -1.88. The van der Waals surface area contributed by atoms with E-state index in [0.717, 1.165) is 31.7 Å². The van der Waals surface area contributed by atoms with Gasteiger partial charge in [-0.2, -0.15) is 9.67 Å². The van der Waals surface area contributed by atoms with E-state index in [1.807, 2.05) is 17.7 Å². The molecule has 1 atom stereocenters. The highest BCUT2D eigenvalue weighted by atomic mass is 15.5. The van der Waals surface area contributed by atoms with Crippen LogP contribution in [-0.2, 0) is 13.2 Å². The molecule has 0 radical (unpaired) electrons. The zero-order valence-corrected chi connectivity index (χ0v) is 9.85. The number of nitrogens with one attached hydrogen (secondary N) is 2. The Bertz CT molecular complexity index is 505. The molecule has 0 spiro atoms. The lowest BCUT2D eigenvalue weighted by molar-refractivity contribution is -0.936. The average Bonchev–Trinajstić information content (AvgIpc) is 2.70. The van der Waals surface area contributed by atoms with Gasteiger partial charge in [-0.3, -0.25) is 4.90 Å². The Kier molecular flexibility index (Phi) is 2.53. The molecule has 0 fully saturated rings. The van der Waals surface area contributed by atoms with E-state index in [-0.39, 0.29) is 0 Å². The Morgan fingerprint density at radius 2 is 2.18 bits per heavy atom. The van der Waals surface area contributed by atoms with E-state index >= 15 is 0 Å². The lowest BCUT2D eigenvalue weighted by atomic mass is 10.2. The second-order valence-electron chi connectivity index (χ2n) is 4.41. The molecule has 0 amide bonds. The van der Waals surface area contributed by atoms with Crippen molar-refractivity contribution in [2.75, 3.05) is 12.0 Å². The molecular formula is C12H16N5+. The van der Waals surface area contributed by atoms with Gasteiger partial charge in [0.15, 0.2) is 13.3 Å². The Labute approximate surface area is 100 Å². The van der Waals surface area contributed by atoms with Crippen LogP contribution in [0.25, 0.3) is 0 Å². The highest BCUT2D eigenvalue weighted by Crippen LogP contribution is 2.04. The van der Waals surface area contributed by atoms with Crippen molar-refractivity contribution in [3.05, 3.63) is 41.7 Å². The summed E-state index contributed by atoms with van der Waals surface area (Å²) in [4.78, 5) is 5.76. The summed E-state index contributed by atoms with van der Waals surface area (Å²) in [5.74, 6) is 1.72. The highest BCUT2D eigenvalue weighted by molar-refractivity contribution is 5.24. The van der Waals surface area contributed by atoms with Gasteiger partial charge in [-0.15, -0.1) is 5.10 Å². The van der Waals surface area contributed by atoms with Crippen LogP contribution in [0.4, 0.5) is 5.95 Å². The third kappa shape index (κ3) is 2.14. The van der Waals surface area contributed by atoms with Crippen LogP contribution in [0.2, 0.25) is 0 Å². The summed E-state index contributed by atoms with van der Waals surface area (Å²) in [5, 5.41) is 7.67. The number of benzene rings is 1. The third-order valence-corrected chi connectivity index (χ3v) is 2.94. The number of aryl methyl sites for hydroxylation is 1. The van der Waals surface area contributed by atoms with Gasteiger partial charge >= 0.3 is 0 Å². The van der Waals surface area contributed by atoms with E-state index in [1.54, 1.807) is 0 Å². The van der Waals surface area contributed by atoms with E-state index in [0.29, 0.717) is 0 Å². The maximum Gasteiger partial charge on any atom is 0.230 e. The predicted molar refractivity (Wildman–Crippen MR) is 64.4 cm³/mol. The van der Waals surface area contributed by atoms with E-state index < -0.39 is 0 Å². The SMILES string of the molecule is Cc1nc2n(n1)C[NH+](Cc1ccccc1)CN2. The molecule has 2 aromatic rings. The molecule has 2 N–H and O–H groups in total. The fraction of sp³-hybridized carbons (Fsp3) is 0.333. The first-order valence-corrected chi connectivity index (χ1v) is 5.84. The van der Waals surface area contributed by atoms with Gasteiger partial charge in [0.05, 0.1) is 0 Å². The van der Waals surface area contributed by atoms with E-state index in [2.05, 4.69) is 39.7 Å². The van der Waals surface area contributed by atoms with E-state index in [1.165, 1.54) is 10.5 Å². The number of nitrogens with zero attached hydrogens (tertiary/aromatic N) is 3. The predicted octanol–water partition coefficient (Wildman–Crippen LogP) is 0.0121. The van der Waals surface area contributed by atoms with Crippen LogP contribution in [0.3, 0.4) is 0 Å². The Morgan fingerprint density at radius 1 is 1.35 bits per heavy atom. The largest absolute Gasteiger partial charge is 0.307 e. The van der Waals surface area contributed by atoms with Crippen molar-refractivity contribution in [2.45, 2.75) is 20.1 Å². The summed E-state index contributed by atoms with van der Waals surface area (Å²) in [5.41, 5.74) is 1.35. The van der Waals surface area contributed by atoms with Crippen LogP contribution in [0, 0.1) is 6.92 Å². The van der Waals surface area contributed by atoms with Gasteiger partial charge in [-0.1, -0.05) is 30.3 Å². The van der Waals surface area contributed by atoms with Gasteiger partial charge in [-0.25, -0.2) is 0 Å². The van der Waals surface area contributed by atoms with Crippen molar-refractivity contribution >= 4 is 5.95 Å². The molecule has 1 aliphatic rings. The molecule has 1 aromatic heterocycles. The summed E-state index contributed by atoms with van der Waals surface area (Å²) in [6, 6.07) is 10.5. The number of hydrogen-bond donors (Lipinski definition) is 2. The summed E-state index contributed by atoms with van der Waals surface area (Å²) in [7, 11) is 0. The van der Waals surface area contributed by atoms with Crippen LogP contribution in [0.5, 0.6) is 0 Å². The topological polar surface area (TPSA) is 47.2 Å². The molecule has 2 heterocycles. The zero-order chi connectivity index (χ0) is 11.7. The minimum atomic E-state index is 0.827. The molecule has 0 saturated heterocycles. The molecule has 0 saturated carbocycles. The van der Waals surface area contributed by atoms with Crippen LogP contribution >= 0.6 is 0 Å². The van der Waals surface area contributed by atoms with Crippen molar-refractivity contribution in [2.24, 2.45) is 0 Å². The Morgan fingerprint density at radius 3 is 3.00 bits per heavy atom. The molecule has 5 nitrogen and oxygen atoms in total. The summed E-state index contributed by atoms with van der Waals surface area (Å²) >= 11 is 0. The van der Waals surface area contributed by atoms with Crippen LogP contribution in [0.15, 0.2) is 30.3 Å². The van der Waals surface area contributed by atoms with Gasteiger partial charge < -0.3 is 5.32 Å². The summed E-state index contributed by atoms with van der Waals surface area (Å²) in [6.07, 6.45) is 0. The number of quaternary nitrogens is 1. The molecule has 1 unspecified atom stereocenters. The molecule has 0 bridgehead atoms. The monoisotopic (exact) mass is 230 g/mol. The molecule has 17 heavy (non-hydrogen) atoms. The van der Waals surface area contributed by atoms with Crippen molar-refractivity contribution in [1.82, 2.24) is 14.8 Å². The smallest absolute Gasteiger partial charge is 0.230 e. The number of aromatic nitrogens is 3. The first-order valence-electron chi connectivity index (χ1n) is 5.84. The number of fused-ring (bicyclic) bond motifs is 1. The van der Waals surface area contributed by atoms with Crippen LogP contribution in [-0.4, -0.2) is 21.4 Å². The minimum Gasteiger partial charge on any atom is -0.307 e. The standard InChI is InChI=1S/C12H15N5/c1-10-14-12-13-8-16(9-17(12)15-10)7-11-5-3-2-4-6-11/h2-6H,7-9H2,1H3,(H,13,14,15)/p+1. The zero-order valence-electron chi connectivity index (χ0n) is 9.85. The van der Waals surface area contributed by atoms with Crippen LogP contribution < -0.4 is 10.2 Å². The lowest BCUT2D eigenvalue weighted by Crippen LogP contribution is -3.12. The maximum atomic E-state index is 4.37. The molecule has 1 aromatic carbocycles. The quantitative estimate of drug-likeness (QED) is 0.764. The first-order chi connectivity index (χ1) is 8.31. The maximum absolute atomic E-state index is 4.37. The summed E-state index contributed by atoms with van der Waals surface area (Å²) < 4.78 is 1.94. The van der Waals surface area contributed by atoms with Gasteiger partial charge in [0.1, 0.15) is 12.4 Å². The second-order valence-corrected chi connectivity index (χ2v) is 4.41. The van der Waals surface area contributed by atoms with Gasteiger partial charge in [-0.05, 0) is 6.92 Å². The molecule has 88 valence electrons. The average molecular weight is 230 g/mol. The first kappa shape index (κ1) is 10.3. The third-order valence-electron chi connectivity index (χ3n) is 2.94. The second kappa shape index (κ2) is 4.18. The highest BCUT2D eigenvalue weighted by Gasteiger charge is 2.20. The normalized spacial score (nSPS) is 18.5. The van der Waals surface area contributed by atoms with Crippen molar-refractivity contribution < 1.29 is 4.90 Å². The van der Waals surface area contributed by atoms with Crippen molar-refractivity contribution in [3.8, 4) is 0 Å². The molecule has 5 heteroatoms. The minimum absolute atomic E-state index is 0.827. The molecule has 1 aliphatic heterocycles. The van der Waals surface area contributed by atoms with Crippen LogP contribution in [0.1, 0.15) is 11.4 Å². The number of anilines is 1. The number of hydrogen-bond acceptors (Lipinski definition) is 3. The van der Waals surface area contributed by atoms with Gasteiger partial charge in [0.25, 0.3) is 0 Å². The van der Waals surface area contributed by atoms with Crippen molar-refractivity contribution in [3.63, 3.8) is 0 Å². The fourth-order valence-electron chi connectivity index (χ4n) is 2.17. The molecule has 3 rings (SSSR count). The summed E-state index contributed by atoms with van der Waals surface area (Å²) in [6.45, 7) is 4.70. The van der Waals surface area contributed by atoms with Gasteiger partial charge in [0, 0.05) is 5.56 Å². The van der Waals surface area contributed by atoms with Crippen molar-refractivity contribution in [1.29, 1.82) is 0 Å². The number of rotatable bonds is 2. The Balaban J connectivity index is 1.72. The molecular weight excluding hydrogens is 214 g/mol. The van der Waals surface area contributed by atoms with E-state index in [4.69, 9.17) is 0 Å². The lowest BCUT2D eigenvalue weighted by Gasteiger charge is -2.24. The fourth-order valence-corrected chi connectivity index (χ4v) is 2.17. The van der Waals surface area contributed by atoms with E-state index in [9.17, 15) is 0 Å². The molecule has 0 aliphatic carbocycles.